The zero-order chi connectivity index (χ0) is 19.0. The number of hydrogen-bond acceptors (Lipinski definition) is 5. The second-order valence-corrected chi connectivity index (χ2v) is 7.13. The zero-order valence-electron chi connectivity index (χ0n) is 15.2. The molecular formula is C20H21N3O4. The topological polar surface area (TPSA) is 88.6 Å². The molecule has 1 saturated heterocycles. The highest BCUT2D eigenvalue weighted by atomic mass is 16.5. The van der Waals surface area contributed by atoms with Crippen LogP contribution in [0.5, 0.6) is 0 Å². The molecule has 3 amide bonds. The van der Waals surface area contributed by atoms with Crippen LogP contribution in [-0.2, 0) is 22.4 Å². The maximum absolute atomic E-state index is 12.9. The molecule has 7 nitrogen and oxygen atoms in total. The number of imide groups is 1. The van der Waals surface area contributed by atoms with Crippen molar-refractivity contribution in [3.8, 4) is 0 Å². The molecule has 1 aromatic carbocycles. The molecule has 0 unspecified atom stereocenters. The standard InChI is InChI=1S/C20H21N3O4/c1-12-6-7-16-14(10-12)18(13-4-2-3-5-15(13)22-16)19(25)27-11-17(24)23-9-8-21-20(23)26/h2-5,12H,6-11H2,1H3,(H,21,26)/t12-/m0/s1. The fraction of sp³-hybridized carbons (Fsp3) is 0.400. The normalized spacial score (nSPS) is 18.9. The first kappa shape index (κ1) is 17.5. The summed E-state index contributed by atoms with van der Waals surface area (Å²) in [4.78, 5) is 42.5. The van der Waals surface area contributed by atoms with E-state index in [2.05, 4.69) is 12.2 Å². The Hall–Kier alpha value is -2.96. The Morgan fingerprint density at radius 2 is 2.15 bits per heavy atom. The average Bonchev–Trinajstić information content (AvgIpc) is 3.10. The van der Waals surface area contributed by atoms with Crippen molar-refractivity contribution in [1.82, 2.24) is 15.2 Å². The number of carbonyl (C=O) groups is 3. The Kier molecular flexibility index (Phi) is 4.51. The number of hydrogen-bond donors (Lipinski definition) is 1. The highest BCUT2D eigenvalue weighted by molar-refractivity contribution is 6.06. The van der Waals surface area contributed by atoms with Crippen LogP contribution in [0.1, 0.15) is 35.0 Å². The molecule has 1 aromatic heterocycles. The van der Waals surface area contributed by atoms with Crippen LogP contribution in [0.2, 0.25) is 0 Å². The van der Waals surface area contributed by atoms with E-state index in [1.165, 1.54) is 0 Å². The lowest BCUT2D eigenvalue weighted by Gasteiger charge is -2.24. The Labute approximate surface area is 156 Å². The van der Waals surface area contributed by atoms with Crippen molar-refractivity contribution in [3.63, 3.8) is 0 Å². The van der Waals surface area contributed by atoms with Gasteiger partial charge in [-0.05, 0) is 36.8 Å². The van der Waals surface area contributed by atoms with Crippen LogP contribution in [0, 0.1) is 5.92 Å². The molecule has 2 aliphatic rings. The molecule has 0 radical (unpaired) electrons. The van der Waals surface area contributed by atoms with Crippen LogP contribution in [0.25, 0.3) is 10.9 Å². The Bertz CT molecular complexity index is 940. The second kappa shape index (κ2) is 6.98. The summed E-state index contributed by atoms with van der Waals surface area (Å²) >= 11 is 0. The van der Waals surface area contributed by atoms with Gasteiger partial charge in [0.05, 0.1) is 11.1 Å². The fourth-order valence-electron chi connectivity index (χ4n) is 3.78. The fourth-order valence-corrected chi connectivity index (χ4v) is 3.78. The molecule has 1 aliphatic heterocycles. The number of urea groups is 1. The number of nitrogens with one attached hydrogen (secondary N) is 1. The molecule has 140 valence electrons. The number of esters is 1. The number of benzene rings is 1. The molecule has 27 heavy (non-hydrogen) atoms. The first-order valence-corrected chi connectivity index (χ1v) is 9.20. The average molecular weight is 367 g/mol. The van der Waals surface area contributed by atoms with Crippen LogP contribution in [0.15, 0.2) is 24.3 Å². The largest absolute Gasteiger partial charge is 0.452 e. The van der Waals surface area contributed by atoms with Gasteiger partial charge in [-0.3, -0.25) is 14.7 Å². The smallest absolute Gasteiger partial charge is 0.339 e. The third-order valence-corrected chi connectivity index (χ3v) is 5.19. The number of rotatable bonds is 3. The molecule has 0 bridgehead atoms. The van der Waals surface area contributed by atoms with Gasteiger partial charge in [0, 0.05) is 24.2 Å². The Morgan fingerprint density at radius 3 is 2.93 bits per heavy atom. The molecular weight excluding hydrogens is 346 g/mol. The molecule has 1 N–H and O–H groups in total. The van der Waals surface area contributed by atoms with Crippen molar-refractivity contribution in [2.45, 2.75) is 26.2 Å². The highest BCUT2D eigenvalue weighted by Gasteiger charge is 2.29. The first-order valence-electron chi connectivity index (χ1n) is 9.20. The van der Waals surface area contributed by atoms with Crippen molar-refractivity contribution in [1.29, 1.82) is 0 Å². The molecule has 2 heterocycles. The van der Waals surface area contributed by atoms with Crippen molar-refractivity contribution in [2.24, 2.45) is 5.92 Å². The van der Waals surface area contributed by atoms with Crippen LogP contribution < -0.4 is 5.32 Å². The monoisotopic (exact) mass is 367 g/mol. The summed E-state index contributed by atoms with van der Waals surface area (Å²) in [5.41, 5.74) is 3.11. The number of amides is 3. The molecule has 1 aliphatic carbocycles. The number of aromatic nitrogens is 1. The molecule has 0 spiro atoms. The molecule has 7 heteroatoms. The quantitative estimate of drug-likeness (QED) is 0.839. The predicted octanol–water partition coefficient (Wildman–Crippen LogP) is 2.07. The minimum atomic E-state index is -0.535. The van der Waals surface area contributed by atoms with Gasteiger partial charge in [-0.1, -0.05) is 25.1 Å². The van der Waals surface area contributed by atoms with E-state index in [0.29, 0.717) is 24.6 Å². The van der Waals surface area contributed by atoms with E-state index in [0.717, 1.165) is 46.3 Å². The molecule has 2 aromatic rings. The summed E-state index contributed by atoms with van der Waals surface area (Å²) in [6.07, 6.45) is 2.63. The first-order chi connectivity index (χ1) is 13.0. The summed E-state index contributed by atoms with van der Waals surface area (Å²) < 4.78 is 5.32. The van der Waals surface area contributed by atoms with Gasteiger partial charge in [-0.25, -0.2) is 9.59 Å². The SMILES string of the molecule is C[C@H]1CCc2nc3ccccc3c(C(=O)OCC(=O)N3CCNC3=O)c2C1. The Balaban J connectivity index is 1.63. The number of para-hydroxylation sites is 1. The molecule has 0 saturated carbocycles. The van der Waals surface area contributed by atoms with E-state index in [1.807, 2.05) is 24.3 Å². The van der Waals surface area contributed by atoms with E-state index < -0.39 is 24.5 Å². The van der Waals surface area contributed by atoms with Crippen molar-refractivity contribution in [3.05, 3.63) is 41.1 Å². The molecule has 4 rings (SSSR count). The third kappa shape index (κ3) is 3.25. The third-order valence-electron chi connectivity index (χ3n) is 5.19. The number of fused-ring (bicyclic) bond motifs is 2. The summed E-state index contributed by atoms with van der Waals surface area (Å²) in [6.45, 7) is 2.41. The minimum Gasteiger partial charge on any atom is -0.452 e. The van der Waals surface area contributed by atoms with Gasteiger partial charge in [-0.2, -0.15) is 0 Å². The summed E-state index contributed by atoms with van der Waals surface area (Å²) in [5.74, 6) is -0.590. The lowest BCUT2D eigenvalue weighted by Crippen LogP contribution is -2.37. The highest BCUT2D eigenvalue weighted by Crippen LogP contribution is 2.32. The predicted molar refractivity (Wildman–Crippen MR) is 98.3 cm³/mol. The number of nitrogens with zero attached hydrogens (tertiary/aromatic N) is 2. The van der Waals surface area contributed by atoms with E-state index >= 15 is 0 Å². The number of ether oxygens (including phenoxy) is 1. The maximum Gasteiger partial charge on any atom is 0.339 e. The van der Waals surface area contributed by atoms with Gasteiger partial charge in [-0.15, -0.1) is 0 Å². The van der Waals surface area contributed by atoms with Gasteiger partial charge < -0.3 is 10.1 Å². The van der Waals surface area contributed by atoms with E-state index in [1.54, 1.807) is 0 Å². The maximum atomic E-state index is 12.9. The van der Waals surface area contributed by atoms with Crippen LogP contribution in [0.4, 0.5) is 4.79 Å². The van der Waals surface area contributed by atoms with E-state index in [9.17, 15) is 14.4 Å². The van der Waals surface area contributed by atoms with Crippen LogP contribution in [0.3, 0.4) is 0 Å². The summed E-state index contributed by atoms with van der Waals surface area (Å²) in [5, 5.41) is 3.29. The van der Waals surface area contributed by atoms with Crippen molar-refractivity contribution in [2.75, 3.05) is 19.7 Å². The Morgan fingerprint density at radius 1 is 1.33 bits per heavy atom. The minimum absolute atomic E-state index is 0.292. The van der Waals surface area contributed by atoms with Gasteiger partial charge in [0.15, 0.2) is 6.61 Å². The van der Waals surface area contributed by atoms with Gasteiger partial charge in [0.2, 0.25) is 0 Å². The van der Waals surface area contributed by atoms with Gasteiger partial charge in [0.1, 0.15) is 0 Å². The molecule has 1 fully saturated rings. The van der Waals surface area contributed by atoms with Gasteiger partial charge >= 0.3 is 12.0 Å². The lowest BCUT2D eigenvalue weighted by molar-refractivity contribution is -0.130. The van der Waals surface area contributed by atoms with E-state index in [4.69, 9.17) is 9.72 Å². The molecule has 1 atom stereocenters. The van der Waals surface area contributed by atoms with E-state index in [-0.39, 0.29) is 0 Å². The second-order valence-electron chi connectivity index (χ2n) is 7.13. The number of pyridine rings is 1. The number of carbonyl (C=O) groups excluding carboxylic acids is 3. The summed E-state index contributed by atoms with van der Waals surface area (Å²) in [7, 11) is 0. The van der Waals surface area contributed by atoms with Gasteiger partial charge in [0.25, 0.3) is 5.91 Å². The number of aryl methyl sites for hydroxylation is 1. The lowest BCUT2D eigenvalue weighted by atomic mass is 9.84. The van der Waals surface area contributed by atoms with Crippen LogP contribution >= 0.6 is 0 Å². The van der Waals surface area contributed by atoms with Crippen LogP contribution in [-0.4, -0.2) is 47.5 Å². The zero-order valence-corrected chi connectivity index (χ0v) is 15.2. The van der Waals surface area contributed by atoms with Crippen molar-refractivity contribution >= 4 is 28.8 Å². The van der Waals surface area contributed by atoms with Crippen molar-refractivity contribution < 1.29 is 19.1 Å². The summed E-state index contributed by atoms with van der Waals surface area (Å²) in [6, 6.07) is 7.03.